The molecule has 0 spiro atoms. The predicted octanol–water partition coefficient (Wildman–Crippen LogP) is 5.08. The Bertz CT molecular complexity index is 1310. The topological polar surface area (TPSA) is 67.5 Å². The minimum absolute atomic E-state index is 0.0394. The zero-order valence-corrected chi connectivity index (χ0v) is 18.9. The number of rotatable bonds is 5. The fourth-order valence-corrected chi connectivity index (χ4v) is 4.29. The number of aromatic amines is 1. The molecule has 6 nitrogen and oxygen atoms in total. The van der Waals surface area contributed by atoms with Gasteiger partial charge in [-0.05, 0) is 49.2 Å². The number of benzene rings is 2. The fourth-order valence-electron chi connectivity index (χ4n) is 4.29. The van der Waals surface area contributed by atoms with Gasteiger partial charge in [0.1, 0.15) is 11.4 Å². The lowest BCUT2D eigenvalue weighted by molar-refractivity contribution is 0.0303. The SMILES string of the molecule is CCOc1cc(C)ccc1-c1c[nH]c2ncc(-c3cccc(C(=O)N4CCOCC4)c3)cc12. The van der Waals surface area contributed by atoms with Crippen LogP contribution in [0.15, 0.2) is 60.9 Å². The van der Waals surface area contributed by atoms with Gasteiger partial charge in [0.15, 0.2) is 0 Å². The number of ether oxygens (including phenoxy) is 2. The number of aromatic nitrogens is 2. The van der Waals surface area contributed by atoms with E-state index in [1.165, 1.54) is 0 Å². The summed E-state index contributed by atoms with van der Waals surface area (Å²) in [5.74, 6) is 0.902. The number of hydrogen-bond donors (Lipinski definition) is 1. The highest BCUT2D eigenvalue weighted by Gasteiger charge is 2.19. The second-order valence-corrected chi connectivity index (χ2v) is 8.24. The third-order valence-electron chi connectivity index (χ3n) is 6.00. The summed E-state index contributed by atoms with van der Waals surface area (Å²) in [5.41, 5.74) is 6.66. The van der Waals surface area contributed by atoms with E-state index in [0.29, 0.717) is 38.5 Å². The van der Waals surface area contributed by atoms with Gasteiger partial charge in [-0.15, -0.1) is 0 Å². The number of hydrogen-bond acceptors (Lipinski definition) is 4. The Hall–Kier alpha value is -3.64. The summed E-state index contributed by atoms with van der Waals surface area (Å²) < 4.78 is 11.3. The fraction of sp³-hybridized carbons (Fsp3) is 0.259. The van der Waals surface area contributed by atoms with E-state index in [1.807, 2.05) is 48.5 Å². The van der Waals surface area contributed by atoms with Gasteiger partial charge in [-0.25, -0.2) is 4.98 Å². The van der Waals surface area contributed by atoms with E-state index in [1.54, 1.807) is 0 Å². The largest absolute Gasteiger partial charge is 0.493 e. The molecule has 1 aliphatic heterocycles. The quantitative estimate of drug-likeness (QED) is 0.469. The van der Waals surface area contributed by atoms with Gasteiger partial charge in [0.05, 0.1) is 19.8 Å². The van der Waals surface area contributed by atoms with E-state index in [0.717, 1.165) is 44.6 Å². The van der Waals surface area contributed by atoms with Gasteiger partial charge in [0, 0.05) is 53.1 Å². The number of morpholine rings is 1. The van der Waals surface area contributed by atoms with Gasteiger partial charge in [-0.1, -0.05) is 24.3 Å². The first-order valence-corrected chi connectivity index (χ1v) is 11.3. The molecule has 3 heterocycles. The summed E-state index contributed by atoms with van der Waals surface area (Å²) in [6.45, 7) is 7.09. The molecule has 0 radical (unpaired) electrons. The summed E-state index contributed by atoms with van der Waals surface area (Å²) in [7, 11) is 0. The highest BCUT2D eigenvalue weighted by Crippen LogP contribution is 2.37. The molecule has 0 aliphatic carbocycles. The van der Waals surface area contributed by atoms with Crippen molar-refractivity contribution >= 4 is 16.9 Å². The van der Waals surface area contributed by atoms with Gasteiger partial charge < -0.3 is 19.4 Å². The maximum Gasteiger partial charge on any atom is 0.254 e. The Morgan fingerprint density at radius 3 is 2.76 bits per heavy atom. The maximum absolute atomic E-state index is 13.0. The molecule has 5 rings (SSSR count). The van der Waals surface area contributed by atoms with Crippen LogP contribution in [0, 0.1) is 6.92 Å². The van der Waals surface area contributed by atoms with Crippen molar-refractivity contribution in [3.8, 4) is 28.0 Å². The van der Waals surface area contributed by atoms with E-state index in [-0.39, 0.29) is 5.91 Å². The highest BCUT2D eigenvalue weighted by molar-refractivity contribution is 5.98. The van der Waals surface area contributed by atoms with Crippen molar-refractivity contribution in [2.75, 3.05) is 32.9 Å². The number of pyridine rings is 1. The number of nitrogens with one attached hydrogen (secondary N) is 1. The zero-order valence-electron chi connectivity index (χ0n) is 18.9. The smallest absolute Gasteiger partial charge is 0.254 e. The number of fused-ring (bicyclic) bond motifs is 1. The molecular weight excluding hydrogens is 414 g/mol. The van der Waals surface area contributed by atoms with Crippen LogP contribution in [0.25, 0.3) is 33.3 Å². The van der Waals surface area contributed by atoms with Crippen molar-refractivity contribution < 1.29 is 14.3 Å². The lowest BCUT2D eigenvalue weighted by Crippen LogP contribution is -2.40. The first kappa shape index (κ1) is 21.2. The van der Waals surface area contributed by atoms with Crippen molar-refractivity contribution in [1.29, 1.82) is 0 Å². The average Bonchev–Trinajstić information content (AvgIpc) is 3.28. The van der Waals surface area contributed by atoms with Gasteiger partial charge in [0.25, 0.3) is 5.91 Å². The monoisotopic (exact) mass is 441 g/mol. The molecule has 0 bridgehead atoms. The van der Waals surface area contributed by atoms with Gasteiger partial charge >= 0.3 is 0 Å². The van der Waals surface area contributed by atoms with Crippen LogP contribution >= 0.6 is 0 Å². The van der Waals surface area contributed by atoms with E-state index in [9.17, 15) is 4.79 Å². The molecular formula is C27H27N3O3. The Kier molecular flexibility index (Phi) is 5.84. The molecule has 0 atom stereocenters. The molecule has 1 N–H and O–H groups in total. The molecule has 1 saturated heterocycles. The molecule has 4 aromatic rings. The number of H-pyrrole nitrogens is 1. The summed E-state index contributed by atoms with van der Waals surface area (Å²) in [4.78, 5) is 22.7. The van der Waals surface area contributed by atoms with Crippen molar-refractivity contribution in [2.24, 2.45) is 0 Å². The zero-order chi connectivity index (χ0) is 22.8. The Labute approximate surface area is 193 Å². The summed E-state index contributed by atoms with van der Waals surface area (Å²) in [5, 5.41) is 1.02. The summed E-state index contributed by atoms with van der Waals surface area (Å²) in [6, 6.07) is 16.1. The van der Waals surface area contributed by atoms with Crippen LogP contribution in [-0.2, 0) is 4.74 Å². The van der Waals surface area contributed by atoms with Crippen molar-refractivity contribution in [1.82, 2.24) is 14.9 Å². The molecule has 1 aliphatic rings. The normalized spacial score (nSPS) is 13.9. The van der Waals surface area contributed by atoms with Gasteiger partial charge in [-0.2, -0.15) is 0 Å². The Morgan fingerprint density at radius 1 is 1.09 bits per heavy atom. The molecule has 1 fully saturated rings. The van der Waals surface area contributed by atoms with Crippen LogP contribution in [0.1, 0.15) is 22.8 Å². The average molecular weight is 442 g/mol. The van der Waals surface area contributed by atoms with Gasteiger partial charge in [0.2, 0.25) is 0 Å². The molecule has 1 amide bonds. The van der Waals surface area contributed by atoms with E-state index in [2.05, 4.69) is 41.2 Å². The maximum atomic E-state index is 13.0. The number of carbonyl (C=O) groups excluding carboxylic acids is 1. The molecule has 0 saturated carbocycles. The molecule has 6 heteroatoms. The lowest BCUT2D eigenvalue weighted by Gasteiger charge is -2.27. The summed E-state index contributed by atoms with van der Waals surface area (Å²) >= 11 is 0. The van der Waals surface area contributed by atoms with Crippen LogP contribution < -0.4 is 4.74 Å². The van der Waals surface area contributed by atoms with E-state index in [4.69, 9.17) is 9.47 Å². The number of aryl methyl sites for hydroxylation is 1. The van der Waals surface area contributed by atoms with Crippen LogP contribution in [0.5, 0.6) is 5.75 Å². The van der Waals surface area contributed by atoms with E-state index < -0.39 is 0 Å². The third-order valence-corrected chi connectivity index (χ3v) is 6.00. The predicted molar refractivity (Wildman–Crippen MR) is 130 cm³/mol. The van der Waals surface area contributed by atoms with Crippen LogP contribution in [0.4, 0.5) is 0 Å². The highest BCUT2D eigenvalue weighted by atomic mass is 16.5. The van der Waals surface area contributed by atoms with Crippen LogP contribution in [-0.4, -0.2) is 53.7 Å². The Balaban J connectivity index is 1.53. The lowest BCUT2D eigenvalue weighted by atomic mass is 9.99. The molecule has 168 valence electrons. The second kappa shape index (κ2) is 9.08. The molecule has 33 heavy (non-hydrogen) atoms. The molecule has 2 aromatic heterocycles. The number of nitrogens with zero attached hydrogens (tertiary/aromatic N) is 2. The van der Waals surface area contributed by atoms with Crippen LogP contribution in [0.2, 0.25) is 0 Å². The standard InChI is InChI=1S/C27H27N3O3/c1-3-33-25-13-18(2)7-8-22(25)24-17-29-26-23(24)15-21(16-28-26)19-5-4-6-20(14-19)27(31)30-9-11-32-12-10-30/h4-8,13-17H,3,9-12H2,1-2H3,(H,28,29). The first-order valence-electron chi connectivity index (χ1n) is 11.3. The van der Waals surface area contributed by atoms with Crippen molar-refractivity contribution in [3.63, 3.8) is 0 Å². The minimum Gasteiger partial charge on any atom is -0.493 e. The molecule has 2 aromatic carbocycles. The minimum atomic E-state index is 0.0394. The second-order valence-electron chi connectivity index (χ2n) is 8.24. The van der Waals surface area contributed by atoms with Crippen molar-refractivity contribution in [3.05, 3.63) is 72.1 Å². The number of amides is 1. The molecule has 0 unspecified atom stereocenters. The van der Waals surface area contributed by atoms with Crippen molar-refractivity contribution in [2.45, 2.75) is 13.8 Å². The third kappa shape index (κ3) is 4.22. The first-order chi connectivity index (χ1) is 16.1. The van der Waals surface area contributed by atoms with E-state index >= 15 is 0 Å². The Morgan fingerprint density at radius 2 is 1.94 bits per heavy atom. The van der Waals surface area contributed by atoms with Crippen LogP contribution in [0.3, 0.4) is 0 Å². The van der Waals surface area contributed by atoms with Gasteiger partial charge in [-0.3, -0.25) is 4.79 Å². The number of carbonyl (C=O) groups is 1. The summed E-state index contributed by atoms with van der Waals surface area (Å²) in [6.07, 6.45) is 3.83.